The Kier molecular flexibility index (Phi) is 9.11. The molecule has 1 atom stereocenters. The minimum Gasteiger partial charge on any atom is -0.321 e. The first-order valence-corrected chi connectivity index (χ1v) is 14.9. The number of amides is 3. The number of thiazole rings is 1. The normalized spacial score (nSPS) is 12.0. The average molecular weight is 593 g/mol. The third-order valence-corrected chi connectivity index (χ3v) is 8.21. The monoisotopic (exact) mass is 592 g/mol. The first-order chi connectivity index (χ1) is 20.3. The SMILES string of the molecule is Cc1ccc2nc(NC(=O)C(C)Sc3cccc(NC(=O)/C(=C/c4ccccc4)NC(=O)c4ccccc4)c3)sc2c1. The van der Waals surface area contributed by atoms with Gasteiger partial charge in [-0.1, -0.05) is 72.0 Å². The highest BCUT2D eigenvalue weighted by atomic mass is 32.2. The Hall–Kier alpha value is -4.73. The molecule has 0 aliphatic heterocycles. The standard InChI is InChI=1S/C33H28N4O3S2/c1-21-16-17-27-29(18-21)42-33(36-27)37-30(38)22(2)41-26-15-9-14-25(20-26)34-32(40)28(19-23-10-5-3-6-11-23)35-31(39)24-12-7-4-8-13-24/h3-20,22H,1-2H3,(H,34,40)(H,35,39)(H,36,37,38)/b28-19-. The Balaban J connectivity index is 1.26. The summed E-state index contributed by atoms with van der Waals surface area (Å²) in [4.78, 5) is 44.5. The molecular weight excluding hydrogens is 565 g/mol. The van der Waals surface area contributed by atoms with Gasteiger partial charge in [-0.3, -0.25) is 14.4 Å². The minimum absolute atomic E-state index is 0.104. The molecule has 1 heterocycles. The molecule has 0 aliphatic carbocycles. The summed E-state index contributed by atoms with van der Waals surface area (Å²) in [5, 5.41) is 8.69. The molecule has 1 aromatic heterocycles. The van der Waals surface area contributed by atoms with Crippen LogP contribution in [0.15, 0.2) is 114 Å². The van der Waals surface area contributed by atoms with Crippen molar-refractivity contribution in [3.63, 3.8) is 0 Å². The van der Waals surface area contributed by atoms with Crippen molar-refractivity contribution in [2.75, 3.05) is 10.6 Å². The molecule has 0 saturated carbocycles. The van der Waals surface area contributed by atoms with Gasteiger partial charge in [0.15, 0.2) is 5.13 Å². The van der Waals surface area contributed by atoms with Crippen LogP contribution in [-0.2, 0) is 9.59 Å². The summed E-state index contributed by atoms with van der Waals surface area (Å²) in [6.07, 6.45) is 1.63. The summed E-state index contributed by atoms with van der Waals surface area (Å²) in [5.74, 6) is -1.02. The molecule has 5 aromatic rings. The van der Waals surface area contributed by atoms with Crippen molar-refractivity contribution in [2.45, 2.75) is 24.0 Å². The molecule has 4 aromatic carbocycles. The number of nitrogens with zero attached hydrogens (tertiary/aromatic N) is 1. The molecule has 0 spiro atoms. The van der Waals surface area contributed by atoms with E-state index in [4.69, 9.17) is 0 Å². The molecule has 3 amide bonds. The van der Waals surface area contributed by atoms with Crippen LogP contribution in [0.3, 0.4) is 0 Å². The fourth-order valence-electron chi connectivity index (χ4n) is 4.05. The predicted octanol–water partition coefficient (Wildman–Crippen LogP) is 7.13. The molecule has 5 rings (SSSR count). The van der Waals surface area contributed by atoms with E-state index in [0.717, 1.165) is 26.2 Å². The van der Waals surface area contributed by atoms with Gasteiger partial charge in [-0.05, 0) is 73.5 Å². The number of carbonyl (C=O) groups excluding carboxylic acids is 3. The van der Waals surface area contributed by atoms with E-state index in [1.807, 2.05) is 80.6 Å². The van der Waals surface area contributed by atoms with Crippen LogP contribution in [0.1, 0.15) is 28.4 Å². The number of benzene rings is 4. The van der Waals surface area contributed by atoms with Crippen molar-refractivity contribution >= 4 is 67.9 Å². The Morgan fingerprint density at radius 1 is 0.857 bits per heavy atom. The van der Waals surface area contributed by atoms with E-state index in [1.54, 1.807) is 42.5 Å². The Morgan fingerprint density at radius 2 is 1.60 bits per heavy atom. The molecule has 3 N–H and O–H groups in total. The van der Waals surface area contributed by atoms with Gasteiger partial charge in [0.05, 0.1) is 15.5 Å². The van der Waals surface area contributed by atoms with Crippen molar-refractivity contribution in [2.24, 2.45) is 0 Å². The topological polar surface area (TPSA) is 100 Å². The Bertz CT molecular complexity index is 1770. The summed E-state index contributed by atoms with van der Waals surface area (Å²) in [7, 11) is 0. The van der Waals surface area contributed by atoms with Crippen LogP contribution in [-0.4, -0.2) is 28.0 Å². The third kappa shape index (κ3) is 7.51. The van der Waals surface area contributed by atoms with Crippen molar-refractivity contribution in [1.29, 1.82) is 0 Å². The van der Waals surface area contributed by atoms with Crippen molar-refractivity contribution < 1.29 is 14.4 Å². The molecule has 9 heteroatoms. The van der Waals surface area contributed by atoms with E-state index in [-0.39, 0.29) is 17.5 Å². The lowest BCUT2D eigenvalue weighted by atomic mass is 10.1. The zero-order valence-corrected chi connectivity index (χ0v) is 24.6. The summed E-state index contributed by atoms with van der Waals surface area (Å²) < 4.78 is 1.02. The molecule has 7 nitrogen and oxygen atoms in total. The van der Waals surface area contributed by atoms with Crippen LogP contribution < -0.4 is 16.0 Å². The molecule has 0 aliphatic rings. The fourth-order valence-corrected chi connectivity index (χ4v) is 5.95. The zero-order chi connectivity index (χ0) is 29.5. The van der Waals surface area contributed by atoms with Crippen LogP contribution in [0.2, 0.25) is 0 Å². The van der Waals surface area contributed by atoms with Gasteiger partial charge in [-0.25, -0.2) is 4.98 Å². The quantitative estimate of drug-likeness (QED) is 0.125. The number of carbonyl (C=O) groups is 3. The summed E-state index contributed by atoms with van der Waals surface area (Å²) >= 11 is 2.81. The van der Waals surface area contributed by atoms with Crippen molar-refractivity contribution in [1.82, 2.24) is 10.3 Å². The number of nitrogens with one attached hydrogen (secondary N) is 3. The fraction of sp³-hybridized carbons (Fsp3) is 0.0909. The number of fused-ring (bicyclic) bond motifs is 1. The van der Waals surface area contributed by atoms with Crippen LogP contribution in [0.25, 0.3) is 16.3 Å². The number of hydrogen-bond donors (Lipinski definition) is 3. The second-order valence-corrected chi connectivity index (χ2v) is 12.0. The maximum Gasteiger partial charge on any atom is 0.272 e. The van der Waals surface area contributed by atoms with Gasteiger partial charge in [0, 0.05) is 16.1 Å². The number of thioether (sulfide) groups is 1. The van der Waals surface area contributed by atoms with E-state index in [1.165, 1.54) is 23.1 Å². The maximum atomic E-state index is 13.4. The second kappa shape index (κ2) is 13.3. The number of aryl methyl sites for hydroxylation is 1. The number of rotatable bonds is 9. The van der Waals surface area contributed by atoms with E-state index in [9.17, 15) is 14.4 Å². The molecule has 1 unspecified atom stereocenters. The molecule has 0 radical (unpaired) electrons. The van der Waals surface area contributed by atoms with Gasteiger partial charge in [-0.2, -0.15) is 0 Å². The van der Waals surface area contributed by atoms with Crippen LogP contribution in [0.4, 0.5) is 10.8 Å². The largest absolute Gasteiger partial charge is 0.321 e. The first kappa shape index (κ1) is 28.8. The molecule has 210 valence electrons. The van der Waals surface area contributed by atoms with E-state index >= 15 is 0 Å². The number of anilines is 2. The van der Waals surface area contributed by atoms with Gasteiger partial charge >= 0.3 is 0 Å². The Morgan fingerprint density at radius 3 is 2.36 bits per heavy atom. The smallest absolute Gasteiger partial charge is 0.272 e. The summed E-state index contributed by atoms with van der Waals surface area (Å²) in [6, 6.07) is 31.2. The average Bonchev–Trinajstić information content (AvgIpc) is 3.39. The Labute approximate surface area is 252 Å². The van der Waals surface area contributed by atoms with Crippen LogP contribution >= 0.6 is 23.1 Å². The zero-order valence-electron chi connectivity index (χ0n) is 23.0. The molecule has 0 bridgehead atoms. The van der Waals surface area contributed by atoms with Crippen molar-refractivity contribution in [3.8, 4) is 0 Å². The van der Waals surface area contributed by atoms with E-state index in [2.05, 4.69) is 20.9 Å². The molecular formula is C33H28N4O3S2. The molecule has 0 fully saturated rings. The first-order valence-electron chi connectivity index (χ1n) is 13.2. The highest BCUT2D eigenvalue weighted by molar-refractivity contribution is 8.00. The third-order valence-electron chi connectivity index (χ3n) is 6.19. The lowest BCUT2D eigenvalue weighted by Gasteiger charge is -2.13. The summed E-state index contributed by atoms with van der Waals surface area (Å²) in [6.45, 7) is 3.84. The number of hydrogen-bond acceptors (Lipinski definition) is 6. The highest BCUT2D eigenvalue weighted by Gasteiger charge is 2.18. The lowest BCUT2D eigenvalue weighted by Crippen LogP contribution is -2.30. The van der Waals surface area contributed by atoms with Gasteiger partial charge in [0.2, 0.25) is 5.91 Å². The maximum absolute atomic E-state index is 13.4. The number of aromatic nitrogens is 1. The van der Waals surface area contributed by atoms with E-state index < -0.39 is 11.2 Å². The molecule has 0 saturated heterocycles. The summed E-state index contributed by atoms with van der Waals surface area (Å²) in [5.41, 5.74) is 3.84. The van der Waals surface area contributed by atoms with Crippen LogP contribution in [0.5, 0.6) is 0 Å². The predicted molar refractivity (Wildman–Crippen MR) is 172 cm³/mol. The lowest BCUT2D eigenvalue weighted by molar-refractivity contribution is -0.115. The van der Waals surface area contributed by atoms with Gasteiger partial charge in [-0.15, -0.1) is 11.8 Å². The molecule has 42 heavy (non-hydrogen) atoms. The minimum atomic E-state index is -0.470. The van der Waals surface area contributed by atoms with E-state index in [0.29, 0.717) is 16.4 Å². The van der Waals surface area contributed by atoms with Crippen molar-refractivity contribution in [3.05, 3.63) is 126 Å². The van der Waals surface area contributed by atoms with Gasteiger partial charge < -0.3 is 16.0 Å². The highest BCUT2D eigenvalue weighted by Crippen LogP contribution is 2.30. The van der Waals surface area contributed by atoms with Gasteiger partial charge in [0.25, 0.3) is 11.8 Å². The second-order valence-electron chi connectivity index (χ2n) is 9.51. The van der Waals surface area contributed by atoms with Gasteiger partial charge in [0.1, 0.15) is 5.70 Å². The van der Waals surface area contributed by atoms with Crippen LogP contribution in [0, 0.1) is 6.92 Å².